The van der Waals surface area contributed by atoms with Crippen molar-refractivity contribution in [3.8, 4) is 0 Å². The van der Waals surface area contributed by atoms with Gasteiger partial charge in [-0.15, -0.1) is 0 Å². The zero-order valence-electron chi connectivity index (χ0n) is 11.1. The monoisotopic (exact) mass is 275 g/mol. The summed E-state index contributed by atoms with van der Waals surface area (Å²) in [5, 5.41) is 9.18. The first kappa shape index (κ1) is 13.1. The van der Waals surface area contributed by atoms with E-state index in [-0.39, 0.29) is 12.5 Å². The van der Waals surface area contributed by atoms with E-state index >= 15 is 0 Å². The van der Waals surface area contributed by atoms with E-state index < -0.39 is 12.0 Å². The van der Waals surface area contributed by atoms with Gasteiger partial charge in [0, 0.05) is 12.1 Å². The van der Waals surface area contributed by atoms with Crippen molar-refractivity contribution in [3.63, 3.8) is 0 Å². The Hall–Kier alpha value is -1.88. The number of carbonyl (C=O) groups is 2. The molecule has 1 unspecified atom stereocenters. The molecule has 1 aromatic carbocycles. The maximum atomic E-state index is 12.5. The van der Waals surface area contributed by atoms with Gasteiger partial charge in [0.1, 0.15) is 0 Å². The molecule has 0 radical (unpaired) electrons. The van der Waals surface area contributed by atoms with Crippen LogP contribution in [0.4, 0.5) is 0 Å². The molecule has 1 heterocycles. The van der Waals surface area contributed by atoms with Crippen LogP contribution in [0.25, 0.3) is 0 Å². The SMILES string of the molecule is O=C(O)C1COCCN1C(=O)c1cccc(C2CC2)c1. The van der Waals surface area contributed by atoms with E-state index in [1.807, 2.05) is 18.2 Å². The quantitative estimate of drug-likeness (QED) is 0.907. The van der Waals surface area contributed by atoms with E-state index in [2.05, 4.69) is 0 Å². The number of hydrogen-bond donors (Lipinski definition) is 1. The van der Waals surface area contributed by atoms with Crippen LogP contribution < -0.4 is 0 Å². The van der Waals surface area contributed by atoms with Crippen LogP contribution in [0.3, 0.4) is 0 Å². The number of morpholine rings is 1. The standard InChI is InChI=1S/C15H17NO4/c17-14(16-6-7-20-9-13(16)15(18)19)12-3-1-2-11(8-12)10-4-5-10/h1-3,8,10,13H,4-7,9H2,(H,18,19). The van der Waals surface area contributed by atoms with E-state index in [0.29, 0.717) is 24.6 Å². The molecule has 3 rings (SSSR count). The highest BCUT2D eigenvalue weighted by Gasteiger charge is 2.33. The Labute approximate surface area is 117 Å². The molecule has 1 atom stereocenters. The number of amides is 1. The normalized spacial score (nSPS) is 22.6. The Morgan fingerprint density at radius 3 is 2.80 bits per heavy atom. The van der Waals surface area contributed by atoms with Crippen molar-refractivity contribution < 1.29 is 19.4 Å². The molecule has 1 saturated heterocycles. The number of carboxylic acids is 1. The highest BCUT2D eigenvalue weighted by Crippen LogP contribution is 2.40. The van der Waals surface area contributed by atoms with Crippen molar-refractivity contribution in [1.29, 1.82) is 0 Å². The summed E-state index contributed by atoms with van der Waals surface area (Å²) in [5.74, 6) is -0.665. The Kier molecular flexibility index (Phi) is 3.44. The summed E-state index contributed by atoms with van der Waals surface area (Å²) in [6.07, 6.45) is 2.35. The van der Waals surface area contributed by atoms with Crippen molar-refractivity contribution >= 4 is 11.9 Å². The number of carboxylic acid groups (broad SMARTS) is 1. The van der Waals surface area contributed by atoms with Crippen molar-refractivity contribution in [3.05, 3.63) is 35.4 Å². The van der Waals surface area contributed by atoms with Crippen LogP contribution in [-0.4, -0.2) is 47.7 Å². The lowest BCUT2D eigenvalue weighted by molar-refractivity contribution is -0.147. The molecular formula is C15H17NO4. The van der Waals surface area contributed by atoms with Gasteiger partial charge in [0.25, 0.3) is 5.91 Å². The molecule has 1 amide bonds. The molecule has 2 fully saturated rings. The first-order chi connectivity index (χ1) is 9.66. The maximum absolute atomic E-state index is 12.5. The Morgan fingerprint density at radius 1 is 1.30 bits per heavy atom. The average Bonchev–Trinajstić information content (AvgIpc) is 3.31. The third kappa shape index (κ3) is 2.54. The summed E-state index contributed by atoms with van der Waals surface area (Å²) in [5.41, 5.74) is 1.75. The van der Waals surface area contributed by atoms with Gasteiger partial charge in [-0.2, -0.15) is 0 Å². The lowest BCUT2D eigenvalue weighted by atomic mass is 10.1. The van der Waals surface area contributed by atoms with Crippen LogP contribution >= 0.6 is 0 Å². The summed E-state index contributed by atoms with van der Waals surface area (Å²) in [4.78, 5) is 25.1. The number of rotatable bonds is 3. The topological polar surface area (TPSA) is 66.8 Å². The highest BCUT2D eigenvalue weighted by molar-refractivity contribution is 5.97. The third-order valence-electron chi connectivity index (χ3n) is 3.86. The molecule has 1 N–H and O–H groups in total. The number of aliphatic carboxylic acids is 1. The Bertz CT molecular complexity index is 538. The van der Waals surface area contributed by atoms with Gasteiger partial charge in [0.05, 0.1) is 13.2 Å². The van der Waals surface area contributed by atoms with Crippen molar-refractivity contribution in [2.75, 3.05) is 19.8 Å². The Morgan fingerprint density at radius 2 is 2.10 bits per heavy atom. The van der Waals surface area contributed by atoms with Crippen LogP contribution in [0.15, 0.2) is 24.3 Å². The van der Waals surface area contributed by atoms with Gasteiger partial charge in [-0.3, -0.25) is 4.79 Å². The number of nitrogens with zero attached hydrogens (tertiary/aromatic N) is 1. The van der Waals surface area contributed by atoms with Crippen LogP contribution in [0.5, 0.6) is 0 Å². The molecule has 20 heavy (non-hydrogen) atoms. The lowest BCUT2D eigenvalue weighted by Crippen LogP contribution is -2.52. The number of carbonyl (C=O) groups excluding carboxylic acids is 1. The second kappa shape index (κ2) is 5.25. The van der Waals surface area contributed by atoms with Gasteiger partial charge >= 0.3 is 5.97 Å². The Balaban J connectivity index is 1.83. The fourth-order valence-corrected chi connectivity index (χ4v) is 2.56. The van der Waals surface area contributed by atoms with Crippen molar-refractivity contribution in [2.45, 2.75) is 24.8 Å². The number of hydrogen-bond acceptors (Lipinski definition) is 3. The van der Waals surface area contributed by atoms with Crippen LogP contribution in [0, 0.1) is 0 Å². The zero-order chi connectivity index (χ0) is 14.1. The predicted molar refractivity (Wildman–Crippen MR) is 71.7 cm³/mol. The fraction of sp³-hybridized carbons (Fsp3) is 0.467. The van der Waals surface area contributed by atoms with E-state index in [0.717, 1.165) is 0 Å². The summed E-state index contributed by atoms with van der Waals surface area (Å²) in [6, 6.07) is 6.66. The molecule has 5 nitrogen and oxygen atoms in total. The van der Waals surface area contributed by atoms with Crippen LogP contribution in [0.2, 0.25) is 0 Å². The smallest absolute Gasteiger partial charge is 0.328 e. The van der Waals surface area contributed by atoms with Gasteiger partial charge in [-0.25, -0.2) is 4.79 Å². The highest BCUT2D eigenvalue weighted by atomic mass is 16.5. The molecule has 5 heteroatoms. The molecule has 0 spiro atoms. The van der Waals surface area contributed by atoms with Crippen LogP contribution in [0.1, 0.15) is 34.7 Å². The fourth-order valence-electron chi connectivity index (χ4n) is 2.56. The average molecular weight is 275 g/mol. The lowest BCUT2D eigenvalue weighted by Gasteiger charge is -2.33. The molecule has 106 valence electrons. The van der Waals surface area contributed by atoms with E-state index in [4.69, 9.17) is 4.74 Å². The van der Waals surface area contributed by atoms with Gasteiger partial charge in [0.15, 0.2) is 6.04 Å². The number of ether oxygens (including phenoxy) is 1. The number of benzene rings is 1. The van der Waals surface area contributed by atoms with Crippen molar-refractivity contribution in [2.24, 2.45) is 0 Å². The minimum Gasteiger partial charge on any atom is -0.480 e. The van der Waals surface area contributed by atoms with Gasteiger partial charge < -0.3 is 14.7 Å². The maximum Gasteiger partial charge on any atom is 0.328 e. The second-order valence-corrected chi connectivity index (χ2v) is 5.33. The van der Waals surface area contributed by atoms with Gasteiger partial charge in [-0.05, 0) is 36.5 Å². The van der Waals surface area contributed by atoms with Gasteiger partial charge in [-0.1, -0.05) is 12.1 Å². The second-order valence-electron chi connectivity index (χ2n) is 5.33. The van der Waals surface area contributed by atoms with E-state index in [1.54, 1.807) is 6.07 Å². The third-order valence-corrected chi connectivity index (χ3v) is 3.86. The van der Waals surface area contributed by atoms with Gasteiger partial charge in [0.2, 0.25) is 0 Å². The molecule has 1 aliphatic heterocycles. The zero-order valence-corrected chi connectivity index (χ0v) is 11.1. The summed E-state index contributed by atoms with van der Waals surface area (Å²) in [6.45, 7) is 0.769. The van der Waals surface area contributed by atoms with E-state index in [9.17, 15) is 14.7 Å². The molecule has 1 saturated carbocycles. The molecule has 1 aliphatic carbocycles. The van der Waals surface area contributed by atoms with Crippen LogP contribution in [-0.2, 0) is 9.53 Å². The largest absolute Gasteiger partial charge is 0.480 e. The summed E-state index contributed by atoms with van der Waals surface area (Å²) >= 11 is 0. The van der Waals surface area contributed by atoms with E-state index in [1.165, 1.54) is 23.3 Å². The van der Waals surface area contributed by atoms with Crippen molar-refractivity contribution in [1.82, 2.24) is 4.90 Å². The molecule has 0 aromatic heterocycles. The summed E-state index contributed by atoms with van der Waals surface area (Å²) < 4.78 is 5.16. The molecular weight excluding hydrogens is 258 g/mol. The minimum absolute atomic E-state index is 0.0589. The first-order valence-corrected chi connectivity index (χ1v) is 6.88. The predicted octanol–water partition coefficient (Wildman–Crippen LogP) is 1.49. The molecule has 2 aliphatic rings. The molecule has 1 aromatic rings. The summed E-state index contributed by atoms with van der Waals surface area (Å²) in [7, 11) is 0. The molecule has 0 bridgehead atoms. The first-order valence-electron chi connectivity index (χ1n) is 6.88. The minimum atomic E-state index is -1.02.